The van der Waals surface area contributed by atoms with Crippen molar-refractivity contribution in [3.8, 4) is 5.40 Å². The van der Waals surface area contributed by atoms with Crippen LogP contribution < -0.4 is 0 Å². The fraction of sp³-hybridized carbons (Fsp3) is 0. The van der Waals surface area contributed by atoms with Gasteiger partial charge in [-0.3, -0.25) is 0 Å². The average molecular weight is 98.4 g/mol. The largest absolute Gasteiger partial charge is 2.00 e. The van der Waals surface area contributed by atoms with Crippen molar-refractivity contribution >= 4 is 35.1 Å². The van der Waals surface area contributed by atoms with Gasteiger partial charge in [0.2, 0.25) is 0 Å². The van der Waals surface area contributed by atoms with Crippen LogP contribution in [0.5, 0.6) is 0 Å². The van der Waals surface area contributed by atoms with E-state index in [1.807, 2.05) is 0 Å². The van der Waals surface area contributed by atoms with E-state index in [1.165, 1.54) is 5.40 Å². The normalized spacial score (nSPS) is 4.00. The Bertz CT molecular complexity index is 41.4. The van der Waals surface area contributed by atoms with Gasteiger partial charge in [-0.05, 0) is 0 Å². The van der Waals surface area contributed by atoms with E-state index in [0.717, 1.165) is 0 Å². The SMILES string of the molecule is N#CS[O-].[Mg+2]. The molecule has 0 unspecified atom stereocenters. The Morgan fingerprint density at radius 2 is 2.00 bits per heavy atom. The van der Waals surface area contributed by atoms with E-state index in [4.69, 9.17) is 9.81 Å². The van der Waals surface area contributed by atoms with Crippen LogP contribution in [0.25, 0.3) is 0 Å². The maximum Gasteiger partial charge on any atom is 2.00 e. The standard InChI is InChI=1S/CHNOS.Mg/c2-1-4-3;/h3H;/q;+2/p-1. The molecule has 0 aromatic rings. The summed E-state index contributed by atoms with van der Waals surface area (Å²) in [6, 6.07) is 0. The van der Waals surface area contributed by atoms with E-state index >= 15 is 0 Å². The van der Waals surface area contributed by atoms with E-state index in [2.05, 4.69) is 0 Å². The Kier molecular flexibility index (Phi) is 16.1. The van der Waals surface area contributed by atoms with Gasteiger partial charge in [0.15, 0.2) is 0 Å². The van der Waals surface area contributed by atoms with E-state index < -0.39 is 0 Å². The van der Waals surface area contributed by atoms with Gasteiger partial charge >= 0.3 is 23.1 Å². The van der Waals surface area contributed by atoms with Crippen LogP contribution in [0, 0.1) is 10.7 Å². The van der Waals surface area contributed by atoms with Crippen molar-refractivity contribution in [1.82, 2.24) is 0 Å². The van der Waals surface area contributed by atoms with Crippen molar-refractivity contribution in [2.75, 3.05) is 0 Å². The van der Waals surface area contributed by atoms with Gasteiger partial charge in [-0.25, -0.2) is 0 Å². The second-order valence-electron chi connectivity index (χ2n) is 0.175. The molecule has 0 spiro atoms. The zero-order chi connectivity index (χ0) is 3.41. The quantitative estimate of drug-likeness (QED) is 0.242. The molecule has 0 aromatic carbocycles. The van der Waals surface area contributed by atoms with Crippen LogP contribution in [0.2, 0.25) is 0 Å². The third kappa shape index (κ3) is 12.3. The fourth-order valence-corrected chi connectivity index (χ4v) is 0. The first-order valence-corrected chi connectivity index (χ1v) is 1.34. The molecule has 0 aliphatic heterocycles. The maximum atomic E-state index is 8.85. The summed E-state index contributed by atoms with van der Waals surface area (Å²) in [6.45, 7) is 0. The zero-order valence-electron chi connectivity index (χ0n) is 2.47. The molecule has 22 valence electrons. The number of nitriles is 1. The molecular weight excluding hydrogens is 98.4 g/mol. The molecule has 0 N–H and O–H groups in total. The summed E-state index contributed by atoms with van der Waals surface area (Å²) in [5.74, 6) is 0. The Balaban J connectivity index is 0. The predicted octanol–water partition coefficient (Wildman–Crippen LogP) is -0.0497. The third-order valence-corrected chi connectivity index (χ3v) is 0.112. The number of nitrogens with zero attached hydrogens (tertiary/aromatic N) is 1. The molecule has 5 heavy (non-hydrogen) atoms. The summed E-state index contributed by atoms with van der Waals surface area (Å²) < 4.78 is 8.85. The van der Waals surface area contributed by atoms with Crippen molar-refractivity contribution in [3.05, 3.63) is 0 Å². The predicted molar refractivity (Wildman–Crippen MR) is 19.7 cm³/mol. The molecule has 0 saturated heterocycles. The van der Waals surface area contributed by atoms with Crippen LogP contribution in [0.3, 0.4) is 0 Å². The van der Waals surface area contributed by atoms with Gasteiger partial charge in [0, 0.05) is 0 Å². The Morgan fingerprint density at radius 3 is 2.00 bits per heavy atom. The Labute approximate surface area is 50.5 Å². The molecule has 0 heterocycles. The van der Waals surface area contributed by atoms with Crippen molar-refractivity contribution in [2.45, 2.75) is 0 Å². The smallest absolute Gasteiger partial charge is 0.787 e. The topological polar surface area (TPSA) is 46.8 Å². The van der Waals surface area contributed by atoms with E-state index in [0.29, 0.717) is 0 Å². The molecule has 0 fully saturated rings. The van der Waals surface area contributed by atoms with E-state index in [-0.39, 0.29) is 35.1 Å². The molecule has 0 radical (unpaired) electrons. The molecular formula is CMgNOS+. The number of hydrogen-bond acceptors (Lipinski definition) is 3. The molecule has 0 atom stereocenters. The van der Waals surface area contributed by atoms with Gasteiger partial charge in [-0.1, -0.05) is 0 Å². The molecule has 0 aliphatic carbocycles. The molecule has 0 aromatic heterocycles. The summed E-state index contributed by atoms with van der Waals surface area (Å²) in [4.78, 5) is 0. The van der Waals surface area contributed by atoms with Crippen molar-refractivity contribution in [3.63, 3.8) is 0 Å². The van der Waals surface area contributed by atoms with Gasteiger partial charge in [0.25, 0.3) is 0 Å². The molecule has 0 saturated carbocycles. The van der Waals surface area contributed by atoms with Crippen LogP contribution in [0.15, 0.2) is 0 Å². The maximum absolute atomic E-state index is 8.85. The van der Waals surface area contributed by atoms with Gasteiger partial charge in [-0.2, -0.15) is 5.26 Å². The summed E-state index contributed by atoms with van der Waals surface area (Å²) in [5, 5.41) is 8.57. The van der Waals surface area contributed by atoms with Crippen LogP contribution in [0.1, 0.15) is 0 Å². The molecule has 4 heteroatoms. The zero-order valence-corrected chi connectivity index (χ0v) is 4.70. The minimum Gasteiger partial charge on any atom is -0.787 e. The second-order valence-corrected chi connectivity index (χ2v) is 0.524. The van der Waals surface area contributed by atoms with Gasteiger partial charge in [0.1, 0.15) is 5.40 Å². The first kappa shape index (κ1) is 9.13. The van der Waals surface area contributed by atoms with Crippen LogP contribution in [0.4, 0.5) is 0 Å². The van der Waals surface area contributed by atoms with E-state index in [9.17, 15) is 0 Å². The van der Waals surface area contributed by atoms with Crippen LogP contribution in [-0.2, 0) is 0 Å². The number of hydrogen-bond donors (Lipinski definition) is 0. The van der Waals surface area contributed by atoms with Gasteiger partial charge in [-0.15, -0.1) is 12.0 Å². The van der Waals surface area contributed by atoms with E-state index in [1.54, 1.807) is 0 Å². The second kappa shape index (κ2) is 8.82. The monoisotopic (exact) mass is 98.0 g/mol. The molecule has 0 rings (SSSR count). The molecule has 2 nitrogen and oxygen atoms in total. The average Bonchev–Trinajstić information content (AvgIpc) is 1.37. The van der Waals surface area contributed by atoms with Gasteiger partial charge < -0.3 is 4.55 Å². The molecule has 0 aliphatic rings. The summed E-state index contributed by atoms with van der Waals surface area (Å²) in [7, 11) is 0. The molecule has 0 amide bonds. The fourth-order valence-electron chi connectivity index (χ4n) is 0. The number of thiocyanates is 1. The molecule has 0 bridgehead atoms. The summed E-state index contributed by atoms with van der Waals surface area (Å²) >= 11 is -0.0880. The van der Waals surface area contributed by atoms with Crippen LogP contribution in [-0.4, -0.2) is 27.6 Å². The Morgan fingerprint density at radius 1 is 1.80 bits per heavy atom. The Hall–Kier alpha value is 0.566. The first-order chi connectivity index (χ1) is 1.91. The summed E-state index contributed by atoms with van der Waals surface area (Å²) in [6.07, 6.45) is 0. The minimum absolute atomic E-state index is 0. The van der Waals surface area contributed by atoms with Crippen molar-refractivity contribution < 1.29 is 4.55 Å². The van der Waals surface area contributed by atoms with Crippen molar-refractivity contribution in [1.29, 1.82) is 5.26 Å². The first-order valence-electron chi connectivity index (χ1n) is 0.594. The minimum atomic E-state index is -0.0880. The number of rotatable bonds is 0. The van der Waals surface area contributed by atoms with Gasteiger partial charge in [0.05, 0.1) is 0 Å². The van der Waals surface area contributed by atoms with Crippen LogP contribution >= 0.6 is 12.0 Å². The third-order valence-electron chi connectivity index (χ3n) is 0.0373. The summed E-state index contributed by atoms with van der Waals surface area (Å²) in [5.41, 5.74) is 0. The van der Waals surface area contributed by atoms with Crippen molar-refractivity contribution in [2.24, 2.45) is 0 Å².